The lowest BCUT2D eigenvalue weighted by Gasteiger charge is -2.39. The van der Waals surface area contributed by atoms with E-state index in [1.165, 1.54) is 0 Å². The van der Waals surface area contributed by atoms with E-state index in [4.69, 9.17) is 20.9 Å². The van der Waals surface area contributed by atoms with Crippen LogP contribution in [0.4, 0.5) is 0 Å². The number of nitrogens with zero attached hydrogens (tertiary/aromatic N) is 2. The van der Waals surface area contributed by atoms with Crippen molar-refractivity contribution in [1.82, 2.24) is 10.1 Å². The van der Waals surface area contributed by atoms with E-state index in [9.17, 15) is 5.11 Å². The largest absolute Gasteiger partial charge is 0.384 e. The molecule has 6 heteroatoms. The number of halogens is 1. The molecule has 2 aromatic rings. The summed E-state index contributed by atoms with van der Waals surface area (Å²) in [6, 6.07) is 7.49. The molecule has 1 unspecified atom stereocenters. The molecule has 4 rings (SSSR count). The Labute approximate surface area is 146 Å². The van der Waals surface area contributed by atoms with Crippen molar-refractivity contribution in [3.05, 3.63) is 51.9 Å². The number of aromatic nitrogens is 1. The molecule has 1 N–H and O–H groups in total. The lowest BCUT2D eigenvalue weighted by atomic mass is 9.85. The predicted octanol–water partition coefficient (Wildman–Crippen LogP) is 2.88. The molecule has 1 aromatic carbocycles. The van der Waals surface area contributed by atoms with Gasteiger partial charge in [0.05, 0.1) is 13.2 Å². The van der Waals surface area contributed by atoms with Crippen molar-refractivity contribution in [2.24, 2.45) is 0 Å². The van der Waals surface area contributed by atoms with Crippen LogP contribution in [0.1, 0.15) is 35.4 Å². The Hall–Kier alpha value is -1.40. The van der Waals surface area contributed by atoms with Gasteiger partial charge < -0.3 is 14.4 Å². The van der Waals surface area contributed by atoms with Gasteiger partial charge in [-0.05, 0) is 37.1 Å². The van der Waals surface area contributed by atoms with Crippen LogP contribution in [0.5, 0.6) is 0 Å². The van der Waals surface area contributed by atoms with E-state index < -0.39 is 5.60 Å². The standard InChI is InChI=1S/C18H21ClN2O3/c19-14-4-2-13(3-5-14)18(22)7-1-8-21(12-18)10-16-15-11-23-9-6-17(15)24-20-16/h2-5,22H,1,6-12H2. The monoisotopic (exact) mass is 348 g/mol. The number of hydrogen-bond donors (Lipinski definition) is 1. The van der Waals surface area contributed by atoms with Gasteiger partial charge in [-0.25, -0.2) is 0 Å². The molecule has 3 heterocycles. The van der Waals surface area contributed by atoms with Crippen LogP contribution in [-0.4, -0.2) is 34.9 Å². The van der Waals surface area contributed by atoms with Crippen LogP contribution < -0.4 is 0 Å². The zero-order valence-electron chi connectivity index (χ0n) is 13.5. The highest BCUT2D eigenvalue weighted by Gasteiger charge is 2.35. The van der Waals surface area contributed by atoms with Crippen molar-refractivity contribution in [3.8, 4) is 0 Å². The minimum atomic E-state index is -0.844. The van der Waals surface area contributed by atoms with Gasteiger partial charge in [-0.3, -0.25) is 4.90 Å². The van der Waals surface area contributed by atoms with Crippen LogP contribution in [0.15, 0.2) is 28.8 Å². The summed E-state index contributed by atoms with van der Waals surface area (Å²) in [6.45, 7) is 3.47. The Morgan fingerprint density at radius 2 is 2.12 bits per heavy atom. The number of rotatable bonds is 3. The van der Waals surface area contributed by atoms with Crippen LogP contribution in [0.3, 0.4) is 0 Å². The average molecular weight is 349 g/mol. The second kappa shape index (κ2) is 6.48. The smallest absolute Gasteiger partial charge is 0.144 e. The Morgan fingerprint density at radius 1 is 1.29 bits per heavy atom. The Bertz CT molecular complexity index is 716. The normalized spacial score (nSPS) is 24.8. The number of benzene rings is 1. The third-order valence-corrected chi connectivity index (χ3v) is 5.23. The fourth-order valence-corrected chi connectivity index (χ4v) is 3.80. The first-order valence-corrected chi connectivity index (χ1v) is 8.77. The maximum absolute atomic E-state index is 11.1. The molecule has 24 heavy (non-hydrogen) atoms. The molecule has 0 aliphatic carbocycles. The highest BCUT2D eigenvalue weighted by Crippen LogP contribution is 2.33. The number of fused-ring (bicyclic) bond motifs is 1. The molecule has 0 spiro atoms. The van der Waals surface area contributed by atoms with E-state index in [-0.39, 0.29) is 0 Å². The highest BCUT2D eigenvalue weighted by atomic mass is 35.5. The van der Waals surface area contributed by atoms with E-state index in [1.54, 1.807) is 0 Å². The highest BCUT2D eigenvalue weighted by molar-refractivity contribution is 6.30. The predicted molar refractivity (Wildman–Crippen MR) is 89.7 cm³/mol. The summed E-state index contributed by atoms with van der Waals surface area (Å²) < 4.78 is 11.0. The van der Waals surface area contributed by atoms with Crippen LogP contribution in [-0.2, 0) is 29.9 Å². The lowest BCUT2D eigenvalue weighted by Crippen LogP contribution is -2.45. The van der Waals surface area contributed by atoms with Crippen molar-refractivity contribution >= 4 is 11.6 Å². The SMILES string of the molecule is OC1(c2ccc(Cl)cc2)CCCN(Cc2noc3c2COCC3)C1. The van der Waals surface area contributed by atoms with E-state index in [2.05, 4.69) is 10.1 Å². The minimum Gasteiger partial charge on any atom is -0.384 e. The first-order valence-electron chi connectivity index (χ1n) is 8.39. The molecule has 128 valence electrons. The van der Waals surface area contributed by atoms with Gasteiger partial charge in [0.15, 0.2) is 0 Å². The molecule has 1 atom stereocenters. The van der Waals surface area contributed by atoms with Gasteiger partial charge in [0.25, 0.3) is 0 Å². The van der Waals surface area contributed by atoms with Crippen molar-refractivity contribution < 1.29 is 14.4 Å². The summed E-state index contributed by atoms with van der Waals surface area (Å²) >= 11 is 5.96. The molecule has 2 aliphatic heterocycles. The molecule has 5 nitrogen and oxygen atoms in total. The van der Waals surface area contributed by atoms with Crippen molar-refractivity contribution in [2.45, 2.75) is 38.0 Å². The second-order valence-electron chi connectivity index (χ2n) is 6.69. The maximum Gasteiger partial charge on any atom is 0.144 e. The van der Waals surface area contributed by atoms with Gasteiger partial charge in [-0.1, -0.05) is 28.9 Å². The Morgan fingerprint density at radius 3 is 2.96 bits per heavy atom. The summed E-state index contributed by atoms with van der Waals surface area (Å²) in [6.07, 6.45) is 2.48. The van der Waals surface area contributed by atoms with Gasteiger partial charge in [0.1, 0.15) is 17.1 Å². The molecular formula is C18H21ClN2O3. The van der Waals surface area contributed by atoms with Crippen LogP contribution in [0.25, 0.3) is 0 Å². The zero-order valence-corrected chi connectivity index (χ0v) is 14.3. The summed E-state index contributed by atoms with van der Waals surface area (Å²) in [5, 5.41) is 16.0. The molecule has 0 bridgehead atoms. The number of aliphatic hydroxyl groups is 1. The van der Waals surface area contributed by atoms with Gasteiger partial charge in [-0.2, -0.15) is 0 Å². The number of likely N-dealkylation sites (tertiary alicyclic amines) is 1. The molecule has 0 amide bonds. The summed E-state index contributed by atoms with van der Waals surface area (Å²) in [5.41, 5.74) is 2.09. The Balaban J connectivity index is 1.50. The number of piperidine rings is 1. The summed E-state index contributed by atoms with van der Waals surface area (Å²) in [5.74, 6) is 0.946. The zero-order chi connectivity index (χ0) is 16.6. The summed E-state index contributed by atoms with van der Waals surface area (Å²) in [7, 11) is 0. The van der Waals surface area contributed by atoms with Gasteiger partial charge in [0.2, 0.25) is 0 Å². The van der Waals surface area contributed by atoms with E-state index in [0.717, 1.165) is 48.4 Å². The van der Waals surface area contributed by atoms with E-state index in [1.807, 2.05) is 24.3 Å². The minimum absolute atomic E-state index is 0.573. The molecular weight excluding hydrogens is 328 g/mol. The molecule has 0 radical (unpaired) electrons. The fourth-order valence-electron chi connectivity index (χ4n) is 3.67. The quantitative estimate of drug-likeness (QED) is 0.924. The van der Waals surface area contributed by atoms with Gasteiger partial charge >= 0.3 is 0 Å². The van der Waals surface area contributed by atoms with Crippen molar-refractivity contribution in [2.75, 3.05) is 19.7 Å². The van der Waals surface area contributed by atoms with Gasteiger partial charge in [-0.15, -0.1) is 0 Å². The van der Waals surface area contributed by atoms with Crippen LogP contribution in [0.2, 0.25) is 5.02 Å². The first-order chi connectivity index (χ1) is 11.6. The first kappa shape index (κ1) is 16.1. The van der Waals surface area contributed by atoms with Crippen molar-refractivity contribution in [1.29, 1.82) is 0 Å². The molecule has 1 aromatic heterocycles. The molecule has 2 aliphatic rings. The second-order valence-corrected chi connectivity index (χ2v) is 7.12. The number of hydrogen-bond acceptors (Lipinski definition) is 5. The molecule has 0 saturated carbocycles. The topological polar surface area (TPSA) is 58.7 Å². The van der Waals surface area contributed by atoms with Gasteiger partial charge in [0, 0.05) is 30.1 Å². The average Bonchev–Trinajstić information content (AvgIpc) is 2.99. The maximum atomic E-state index is 11.1. The summed E-state index contributed by atoms with van der Waals surface area (Å²) in [4.78, 5) is 2.24. The lowest BCUT2D eigenvalue weighted by molar-refractivity contribution is -0.0387. The number of ether oxygens (including phenoxy) is 1. The van der Waals surface area contributed by atoms with E-state index >= 15 is 0 Å². The van der Waals surface area contributed by atoms with Crippen LogP contribution in [0, 0.1) is 0 Å². The molecule has 1 fully saturated rings. The van der Waals surface area contributed by atoms with E-state index in [0.29, 0.717) is 31.3 Å². The Kier molecular flexibility index (Phi) is 4.35. The van der Waals surface area contributed by atoms with Crippen molar-refractivity contribution in [3.63, 3.8) is 0 Å². The third-order valence-electron chi connectivity index (χ3n) is 4.98. The fraction of sp³-hybridized carbons (Fsp3) is 0.500. The third kappa shape index (κ3) is 3.09. The van der Waals surface area contributed by atoms with Crippen LogP contribution >= 0.6 is 11.6 Å². The molecule has 1 saturated heterocycles. The number of β-amino-alcohol motifs (C(OH)–C–C–N with tert-alkyl or cyclic N) is 1.